The summed E-state index contributed by atoms with van der Waals surface area (Å²) in [5.74, 6) is -0.752. The van der Waals surface area contributed by atoms with Crippen LogP contribution < -0.4 is 5.32 Å². The lowest BCUT2D eigenvalue weighted by atomic mass is 9.91. The van der Waals surface area contributed by atoms with Crippen LogP contribution in [-0.4, -0.2) is 71.2 Å². The highest BCUT2D eigenvalue weighted by Gasteiger charge is 2.37. The number of rotatable bonds is 7. The van der Waals surface area contributed by atoms with E-state index in [9.17, 15) is 9.90 Å². The van der Waals surface area contributed by atoms with E-state index in [1.54, 1.807) is 0 Å². The lowest BCUT2D eigenvalue weighted by molar-refractivity contribution is -0.145. The summed E-state index contributed by atoms with van der Waals surface area (Å²) in [6.07, 6.45) is 1.57. The fourth-order valence-corrected chi connectivity index (χ4v) is 3.16. The van der Waals surface area contributed by atoms with Crippen LogP contribution in [0.2, 0.25) is 0 Å². The van der Waals surface area contributed by atoms with Crippen molar-refractivity contribution in [3.8, 4) is 0 Å². The molecule has 0 aromatic heterocycles. The van der Waals surface area contributed by atoms with E-state index in [4.69, 9.17) is 0 Å². The fraction of sp³-hybridized carbons (Fsp3) is 0.938. The minimum Gasteiger partial charge on any atom is -0.480 e. The van der Waals surface area contributed by atoms with Gasteiger partial charge in [-0.15, -0.1) is 0 Å². The third kappa shape index (κ3) is 4.66. The molecule has 1 heterocycles. The first kappa shape index (κ1) is 18.4. The normalized spacial score (nSPS) is 29.0. The van der Waals surface area contributed by atoms with E-state index >= 15 is 0 Å². The molecule has 1 rings (SSSR count). The predicted molar refractivity (Wildman–Crippen MR) is 86.7 cm³/mol. The summed E-state index contributed by atoms with van der Waals surface area (Å²) in [6.45, 7) is 13.2. The van der Waals surface area contributed by atoms with Crippen LogP contribution in [0.25, 0.3) is 0 Å². The van der Waals surface area contributed by atoms with Crippen molar-refractivity contribution < 1.29 is 9.90 Å². The minimum absolute atomic E-state index is 0.258. The second-order valence-electron chi connectivity index (χ2n) is 6.93. The van der Waals surface area contributed by atoms with Crippen molar-refractivity contribution in [1.82, 2.24) is 15.1 Å². The van der Waals surface area contributed by atoms with Crippen molar-refractivity contribution in [2.45, 2.75) is 71.1 Å². The summed E-state index contributed by atoms with van der Waals surface area (Å²) in [6, 6.07) is 1.28. The van der Waals surface area contributed by atoms with E-state index in [1.807, 2.05) is 6.92 Å². The summed E-state index contributed by atoms with van der Waals surface area (Å²) in [7, 11) is 2.17. The van der Waals surface area contributed by atoms with Gasteiger partial charge in [0.15, 0.2) is 0 Å². The number of carbonyl (C=O) groups is 1. The van der Waals surface area contributed by atoms with E-state index in [1.165, 1.54) is 0 Å². The Kier molecular flexibility index (Phi) is 6.63. The van der Waals surface area contributed by atoms with Crippen molar-refractivity contribution in [2.75, 3.05) is 26.7 Å². The molecule has 0 spiro atoms. The third-order valence-corrected chi connectivity index (χ3v) is 4.95. The Labute approximate surface area is 129 Å². The largest absolute Gasteiger partial charge is 0.480 e. The van der Waals surface area contributed by atoms with Gasteiger partial charge in [-0.2, -0.15) is 0 Å². The SMILES string of the molecule is CCCNC(C)(CC(C)N1CC(C)N(C)C(C)C1)C(=O)O. The topological polar surface area (TPSA) is 55.8 Å². The lowest BCUT2D eigenvalue weighted by Crippen LogP contribution is -2.59. The van der Waals surface area contributed by atoms with Crippen LogP contribution in [0.3, 0.4) is 0 Å². The Hall–Kier alpha value is -0.650. The molecule has 1 aliphatic heterocycles. The molecule has 0 radical (unpaired) electrons. The van der Waals surface area contributed by atoms with Gasteiger partial charge in [-0.25, -0.2) is 0 Å². The molecule has 0 aliphatic carbocycles. The molecule has 0 aromatic carbocycles. The molecule has 5 heteroatoms. The molecule has 4 atom stereocenters. The number of piperazine rings is 1. The molecule has 4 unspecified atom stereocenters. The maximum Gasteiger partial charge on any atom is 0.323 e. The predicted octanol–water partition coefficient (Wildman–Crippen LogP) is 1.63. The van der Waals surface area contributed by atoms with Crippen molar-refractivity contribution in [3.63, 3.8) is 0 Å². The van der Waals surface area contributed by atoms with Crippen LogP contribution in [0.5, 0.6) is 0 Å². The molecule has 1 fully saturated rings. The van der Waals surface area contributed by atoms with E-state index in [-0.39, 0.29) is 6.04 Å². The molecule has 124 valence electrons. The molecule has 1 aliphatic rings. The number of hydrogen-bond acceptors (Lipinski definition) is 4. The Morgan fingerprint density at radius 2 is 1.90 bits per heavy atom. The number of aliphatic carboxylic acids is 1. The highest BCUT2D eigenvalue weighted by Crippen LogP contribution is 2.22. The van der Waals surface area contributed by atoms with Gasteiger partial charge in [0.05, 0.1) is 0 Å². The number of carboxylic acid groups (broad SMARTS) is 1. The zero-order valence-electron chi connectivity index (χ0n) is 14.5. The van der Waals surface area contributed by atoms with E-state index < -0.39 is 11.5 Å². The van der Waals surface area contributed by atoms with Gasteiger partial charge in [0.1, 0.15) is 5.54 Å². The van der Waals surface area contributed by atoms with Gasteiger partial charge in [-0.1, -0.05) is 6.92 Å². The van der Waals surface area contributed by atoms with E-state index in [0.29, 0.717) is 18.5 Å². The molecule has 0 aromatic rings. The minimum atomic E-state index is -0.842. The summed E-state index contributed by atoms with van der Waals surface area (Å²) < 4.78 is 0. The van der Waals surface area contributed by atoms with Gasteiger partial charge in [0.25, 0.3) is 0 Å². The highest BCUT2D eigenvalue weighted by atomic mass is 16.4. The Morgan fingerprint density at radius 1 is 1.38 bits per heavy atom. The maximum atomic E-state index is 11.6. The average Bonchev–Trinajstić information content (AvgIpc) is 2.41. The molecule has 1 saturated heterocycles. The number of carboxylic acids is 1. The number of hydrogen-bond donors (Lipinski definition) is 2. The second kappa shape index (κ2) is 7.56. The van der Waals surface area contributed by atoms with Crippen molar-refractivity contribution in [2.24, 2.45) is 0 Å². The van der Waals surface area contributed by atoms with Crippen LogP contribution >= 0.6 is 0 Å². The number of nitrogens with one attached hydrogen (secondary N) is 1. The van der Waals surface area contributed by atoms with Gasteiger partial charge < -0.3 is 10.4 Å². The quantitative estimate of drug-likeness (QED) is 0.748. The van der Waals surface area contributed by atoms with Crippen LogP contribution in [0.15, 0.2) is 0 Å². The van der Waals surface area contributed by atoms with Gasteiger partial charge >= 0.3 is 5.97 Å². The molecular formula is C16H33N3O2. The molecule has 21 heavy (non-hydrogen) atoms. The first-order chi connectivity index (χ1) is 9.71. The van der Waals surface area contributed by atoms with Crippen molar-refractivity contribution >= 4 is 5.97 Å². The van der Waals surface area contributed by atoms with Crippen molar-refractivity contribution in [3.05, 3.63) is 0 Å². The second-order valence-corrected chi connectivity index (χ2v) is 6.93. The number of nitrogens with zero attached hydrogens (tertiary/aromatic N) is 2. The lowest BCUT2D eigenvalue weighted by Gasteiger charge is -2.46. The standard InChI is InChI=1S/C16H33N3O2/c1-7-8-17-16(5,15(20)21)9-12(2)19-10-13(3)18(6)14(4)11-19/h12-14,17H,7-11H2,1-6H3,(H,20,21). The highest BCUT2D eigenvalue weighted by molar-refractivity contribution is 5.78. The van der Waals surface area contributed by atoms with Gasteiger partial charge in [-0.05, 0) is 54.1 Å². The zero-order chi connectivity index (χ0) is 16.2. The first-order valence-electron chi connectivity index (χ1n) is 8.15. The third-order valence-electron chi connectivity index (χ3n) is 4.95. The van der Waals surface area contributed by atoms with Crippen LogP contribution in [0, 0.1) is 0 Å². The average molecular weight is 299 g/mol. The Balaban J connectivity index is 2.69. The summed E-state index contributed by atoms with van der Waals surface area (Å²) >= 11 is 0. The van der Waals surface area contributed by atoms with Gasteiger partial charge in [-0.3, -0.25) is 14.6 Å². The smallest absolute Gasteiger partial charge is 0.323 e. The number of likely N-dealkylation sites (N-methyl/N-ethyl adjacent to an activating group) is 1. The van der Waals surface area contributed by atoms with Gasteiger partial charge in [0, 0.05) is 31.2 Å². The van der Waals surface area contributed by atoms with Crippen LogP contribution in [-0.2, 0) is 4.79 Å². The molecule has 0 saturated carbocycles. The molecule has 5 nitrogen and oxygen atoms in total. The Morgan fingerprint density at radius 3 is 2.33 bits per heavy atom. The van der Waals surface area contributed by atoms with Crippen LogP contribution in [0.1, 0.15) is 47.5 Å². The molecule has 0 bridgehead atoms. The van der Waals surface area contributed by atoms with E-state index in [2.05, 4.69) is 49.9 Å². The van der Waals surface area contributed by atoms with E-state index in [0.717, 1.165) is 26.1 Å². The fourth-order valence-electron chi connectivity index (χ4n) is 3.16. The van der Waals surface area contributed by atoms with Crippen molar-refractivity contribution in [1.29, 1.82) is 0 Å². The maximum absolute atomic E-state index is 11.6. The van der Waals surface area contributed by atoms with Gasteiger partial charge in [0.2, 0.25) is 0 Å². The monoisotopic (exact) mass is 299 g/mol. The first-order valence-corrected chi connectivity index (χ1v) is 8.15. The molecular weight excluding hydrogens is 266 g/mol. The summed E-state index contributed by atoms with van der Waals surface area (Å²) in [5.41, 5.74) is -0.842. The Bertz CT molecular complexity index is 338. The van der Waals surface area contributed by atoms with Crippen LogP contribution in [0.4, 0.5) is 0 Å². The summed E-state index contributed by atoms with van der Waals surface area (Å²) in [5, 5.41) is 12.8. The molecule has 0 amide bonds. The zero-order valence-corrected chi connectivity index (χ0v) is 14.5. The summed E-state index contributed by atoms with van der Waals surface area (Å²) in [4.78, 5) is 16.5. The molecule has 2 N–H and O–H groups in total.